The Morgan fingerprint density at radius 2 is 1.81 bits per heavy atom. The van der Waals surface area contributed by atoms with Gasteiger partial charge < -0.3 is 14.8 Å². The summed E-state index contributed by atoms with van der Waals surface area (Å²) in [6.07, 6.45) is 1.07. The fraction of sp³-hybridized carbons (Fsp3) is 0.333. The molecule has 0 aliphatic carbocycles. The first-order valence-electron chi connectivity index (χ1n) is 7.29. The van der Waals surface area contributed by atoms with Crippen molar-refractivity contribution in [2.24, 2.45) is 0 Å². The van der Waals surface area contributed by atoms with Gasteiger partial charge in [0.15, 0.2) is 0 Å². The van der Waals surface area contributed by atoms with E-state index in [1.165, 1.54) is 5.56 Å². The minimum absolute atomic E-state index is 0.393. The SMILES string of the molecule is CCC(NC)c1ccc(Oc2cccc(COC)c2)cc1. The van der Waals surface area contributed by atoms with Crippen molar-refractivity contribution >= 4 is 0 Å². The second kappa shape index (κ2) is 7.81. The third-order valence-electron chi connectivity index (χ3n) is 3.48. The molecule has 0 fully saturated rings. The van der Waals surface area contributed by atoms with Crippen molar-refractivity contribution < 1.29 is 9.47 Å². The molecule has 1 unspecified atom stereocenters. The monoisotopic (exact) mass is 285 g/mol. The Labute approximate surface area is 126 Å². The fourth-order valence-corrected chi connectivity index (χ4v) is 2.38. The van der Waals surface area contributed by atoms with Gasteiger partial charge in [-0.25, -0.2) is 0 Å². The molecule has 1 N–H and O–H groups in total. The number of benzene rings is 2. The third-order valence-corrected chi connectivity index (χ3v) is 3.48. The van der Waals surface area contributed by atoms with Crippen LogP contribution in [0.2, 0.25) is 0 Å². The van der Waals surface area contributed by atoms with E-state index in [1.54, 1.807) is 7.11 Å². The summed E-state index contributed by atoms with van der Waals surface area (Å²) in [6.45, 7) is 2.77. The van der Waals surface area contributed by atoms with Gasteiger partial charge in [-0.15, -0.1) is 0 Å². The molecule has 2 aromatic carbocycles. The van der Waals surface area contributed by atoms with Gasteiger partial charge in [-0.3, -0.25) is 0 Å². The third kappa shape index (κ3) is 4.31. The average Bonchev–Trinajstić information content (AvgIpc) is 2.51. The summed E-state index contributed by atoms with van der Waals surface area (Å²) in [5, 5.41) is 3.30. The van der Waals surface area contributed by atoms with Crippen molar-refractivity contribution in [2.45, 2.75) is 26.0 Å². The Bertz CT molecular complexity index is 547. The Morgan fingerprint density at radius 3 is 2.43 bits per heavy atom. The molecular formula is C18H23NO2. The molecule has 2 rings (SSSR count). The Balaban J connectivity index is 2.08. The second-order valence-electron chi connectivity index (χ2n) is 5.00. The van der Waals surface area contributed by atoms with E-state index < -0.39 is 0 Å². The minimum Gasteiger partial charge on any atom is -0.457 e. The maximum Gasteiger partial charge on any atom is 0.127 e. The zero-order chi connectivity index (χ0) is 15.1. The molecule has 0 aliphatic heterocycles. The van der Waals surface area contributed by atoms with Gasteiger partial charge in [-0.1, -0.05) is 31.2 Å². The molecule has 3 nitrogen and oxygen atoms in total. The quantitative estimate of drug-likeness (QED) is 0.823. The van der Waals surface area contributed by atoms with Gasteiger partial charge in [0.1, 0.15) is 11.5 Å². The lowest BCUT2D eigenvalue weighted by Crippen LogP contribution is -2.14. The van der Waals surface area contributed by atoms with E-state index in [-0.39, 0.29) is 0 Å². The molecule has 21 heavy (non-hydrogen) atoms. The highest BCUT2D eigenvalue weighted by molar-refractivity contribution is 5.35. The lowest BCUT2D eigenvalue weighted by Gasteiger charge is -2.15. The van der Waals surface area contributed by atoms with Gasteiger partial charge in [0.25, 0.3) is 0 Å². The first-order valence-corrected chi connectivity index (χ1v) is 7.29. The average molecular weight is 285 g/mol. The van der Waals surface area contributed by atoms with Gasteiger partial charge in [0, 0.05) is 13.2 Å². The fourth-order valence-electron chi connectivity index (χ4n) is 2.38. The number of methoxy groups -OCH3 is 1. The summed E-state index contributed by atoms with van der Waals surface area (Å²) >= 11 is 0. The number of nitrogens with one attached hydrogen (secondary N) is 1. The van der Waals surface area contributed by atoms with Crippen molar-refractivity contribution in [2.75, 3.05) is 14.2 Å². The molecule has 0 saturated carbocycles. The summed E-state index contributed by atoms with van der Waals surface area (Å²) in [5.74, 6) is 1.68. The first-order chi connectivity index (χ1) is 10.3. The number of hydrogen-bond acceptors (Lipinski definition) is 3. The van der Waals surface area contributed by atoms with Crippen LogP contribution in [0.15, 0.2) is 48.5 Å². The molecule has 0 amide bonds. The molecule has 3 heteroatoms. The zero-order valence-corrected chi connectivity index (χ0v) is 12.9. The Hall–Kier alpha value is -1.84. The summed E-state index contributed by atoms with van der Waals surface area (Å²) in [4.78, 5) is 0. The van der Waals surface area contributed by atoms with Crippen molar-refractivity contribution in [3.8, 4) is 11.5 Å². The molecule has 112 valence electrons. The lowest BCUT2D eigenvalue weighted by atomic mass is 10.0. The maximum absolute atomic E-state index is 5.89. The smallest absolute Gasteiger partial charge is 0.127 e. The van der Waals surface area contributed by atoms with Crippen LogP contribution in [0.25, 0.3) is 0 Å². The summed E-state index contributed by atoms with van der Waals surface area (Å²) in [5.41, 5.74) is 2.38. The largest absolute Gasteiger partial charge is 0.457 e. The maximum atomic E-state index is 5.89. The second-order valence-corrected chi connectivity index (χ2v) is 5.00. The molecule has 0 saturated heterocycles. The van der Waals surface area contributed by atoms with Crippen LogP contribution in [0.1, 0.15) is 30.5 Å². The van der Waals surface area contributed by atoms with E-state index >= 15 is 0 Å². The molecular weight excluding hydrogens is 262 g/mol. The van der Waals surface area contributed by atoms with Crippen LogP contribution in [0.4, 0.5) is 0 Å². The first kappa shape index (κ1) is 15.5. The Morgan fingerprint density at radius 1 is 1.05 bits per heavy atom. The topological polar surface area (TPSA) is 30.5 Å². The van der Waals surface area contributed by atoms with Crippen LogP contribution < -0.4 is 10.1 Å². The van der Waals surface area contributed by atoms with Gasteiger partial charge in [0.05, 0.1) is 6.61 Å². The van der Waals surface area contributed by atoms with Gasteiger partial charge in [-0.05, 0) is 48.9 Å². The van der Waals surface area contributed by atoms with Crippen LogP contribution in [-0.4, -0.2) is 14.2 Å². The Kier molecular flexibility index (Phi) is 5.78. The zero-order valence-electron chi connectivity index (χ0n) is 12.9. The minimum atomic E-state index is 0.393. The highest BCUT2D eigenvalue weighted by atomic mass is 16.5. The number of rotatable bonds is 7. The van der Waals surface area contributed by atoms with Gasteiger partial charge in [-0.2, -0.15) is 0 Å². The molecule has 2 aromatic rings. The van der Waals surface area contributed by atoms with E-state index in [1.807, 2.05) is 43.4 Å². The van der Waals surface area contributed by atoms with Crippen LogP contribution in [-0.2, 0) is 11.3 Å². The molecule has 0 aromatic heterocycles. The predicted molar refractivity (Wildman–Crippen MR) is 85.8 cm³/mol. The van der Waals surface area contributed by atoms with E-state index in [0.29, 0.717) is 12.6 Å². The molecule has 0 heterocycles. The highest BCUT2D eigenvalue weighted by Crippen LogP contribution is 2.25. The lowest BCUT2D eigenvalue weighted by molar-refractivity contribution is 0.184. The van der Waals surface area contributed by atoms with Crippen molar-refractivity contribution in [3.63, 3.8) is 0 Å². The van der Waals surface area contributed by atoms with Crippen molar-refractivity contribution in [1.29, 1.82) is 0 Å². The van der Waals surface area contributed by atoms with E-state index in [4.69, 9.17) is 9.47 Å². The van der Waals surface area contributed by atoms with Crippen LogP contribution >= 0.6 is 0 Å². The molecule has 0 aliphatic rings. The molecule has 1 atom stereocenters. The van der Waals surface area contributed by atoms with Crippen LogP contribution in [0.5, 0.6) is 11.5 Å². The van der Waals surface area contributed by atoms with E-state index in [9.17, 15) is 0 Å². The van der Waals surface area contributed by atoms with Crippen molar-refractivity contribution in [1.82, 2.24) is 5.32 Å². The number of hydrogen-bond donors (Lipinski definition) is 1. The van der Waals surface area contributed by atoms with Crippen LogP contribution in [0.3, 0.4) is 0 Å². The highest BCUT2D eigenvalue weighted by Gasteiger charge is 2.06. The van der Waals surface area contributed by atoms with Crippen LogP contribution in [0, 0.1) is 0 Å². The van der Waals surface area contributed by atoms with E-state index in [0.717, 1.165) is 23.5 Å². The summed E-state index contributed by atoms with van der Waals surface area (Å²) in [7, 11) is 3.68. The standard InChI is InChI=1S/C18H23NO2/c1-4-18(19-2)15-8-10-16(11-9-15)21-17-7-5-6-14(12-17)13-20-3/h5-12,18-19H,4,13H2,1-3H3. The van der Waals surface area contributed by atoms with Gasteiger partial charge in [0.2, 0.25) is 0 Å². The molecule has 0 bridgehead atoms. The molecule has 0 radical (unpaired) electrons. The summed E-state index contributed by atoms with van der Waals surface area (Å²) in [6, 6.07) is 16.6. The molecule has 0 spiro atoms. The summed E-state index contributed by atoms with van der Waals surface area (Å²) < 4.78 is 11.0. The predicted octanol–water partition coefficient (Wildman–Crippen LogP) is 4.30. The van der Waals surface area contributed by atoms with Crippen molar-refractivity contribution in [3.05, 3.63) is 59.7 Å². The van der Waals surface area contributed by atoms with Gasteiger partial charge >= 0.3 is 0 Å². The normalized spacial score (nSPS) is 12.1. The van der Waals surface area contributed by atoms with E-state index in [2.05, 4.69) is 24.4 Å². The number of ether oxygens (including phenoxy) is 2.